The van der Waals surface area contributed by atoms with Gasteiger partial charge in [-0.3, -0.25) is 14.2 Å². The minimum Gasteiger partial charge on any atom is -0.385 e. The minimum atomic E-state index is -0.353. The molecule has 10 heteroatoms. The van der Waals surface area contributed by atoms with Crippen LogP contribution in [-0.2, 0) is 16.1 Å². The second-order valence-electron chi connectivity index (χ2n) is 7.61. The van der Waals surface area contributed by atoms with Gasteiger partial charge in [0.05, 0.1) is 28.0 Å². The van der Waals surface area contributed by atoms with Gasteiger partial charge in [-0.25, -0.2) is 14.1 Å². The highest BCUT2D eigenvalue weighted by Crippen LogP contribution is 2.21. The molecule has 0 saturated heterocycles. The fourth-order valence-electron chi connectivity index (χ4n) is 3.50. The van der Waals surface area contributed by atoms with E-state index in [1.54, 1.807) is 52.8 Å². The highest BCUT2D eigenvalue weighted by molar-refractivity contribution is 7.99. The number of rotatable bonds is 9. The molecule has 0 aliphatic rings. The van der Waals surface area contributed by atoms with Gasteiger partial charge in [0.2, 0.25) is 5.91 Å². The number of anilines is 1. The van der Waals surface area contributed by atoms with E-state index >= 15 is 0 Å². The van der Waals surface area contributed by atoms with Gasteiger partial charge >= 0.3 is 0 Å². The summed E-state index contributed by atoms with van der Waals surface area (Å²) in [5.74, 6) is -0.116. The molecule has 0 unspecified atom stereocenters. The van der Waals surface area contributed by atoms with Gasteiger partial charge in [0.15, 0.2) is 5.16 Å². The van der Waals surface area contributed by atoms with Crippen LogP contribution in [0.15, 0.2) is 64.5 Å². The Morgan fingerprint density at radius 1 is 1.18 bits per heavy atom. The SMILES string of the molecule is COCCCn1c(SCC(=O)Nc2cc(C)nn2-c2ccc(F)cc2)nc2ccccc2c1=O. The molecule has 4 rings (SSSR count). The molecule has 34 heavy (non-hydrogen) atoms. The zero-order valence-electron chi connectivity index (χ0n) is 18.8. The third-order valence-electron chi connectivity index (χ3n) is 5.06. The molecule has 176 valence electrons. The smallest absolute Gasteiger partial charge is 0.262 e. The van der Waals surface area contributed by atoms with Gasteiger partial charge in [-0.1, -0.05) is 23.9 Å². The van der Waals surface area contributed by atoms with E-state index in [0.29, 0.717) is 52.8 Å². The third-order valence-corrected chi connectivity index (χ3v) is 6.04. The number of para-hydroxylation sites is 1. The number of ether oxygens (including phenoxy) is 1. The standard InChI is InChI=1S/C24H24FN5O3S/c1-16-14-21(30(28-16)18-10-8-17(25)9-11-18)27-22(31)15-34-24-26-20-7-4-3-6-19(20)23(32)29(24)12-5-13-33-2/h3-4,6-11,14H,5,12-13,15H2,1-2H3,(H,27,31). The Labute approximate surface area is 199 Å². The van der Waals surface area contributed by atoms with E-state index in [1.807, 2.05) is 13.0 Å². The number of hydrogen-bond donors (Lipinski definition) is 1. The number of halogens is 1. The van der Waals surface area contributed by atoms with E-state index in [-0.39, 0.29) is 23.0 Å². The average molecular weight is 482 g/mol. The summed E-state index contributed by atoms with van der Waals surface area (Å²) in [5, 5.41) is 8.24. The Morgan fingerprint density at radius 3 is 2.71 bits per heavy atom. The first kappa shape index (κ1) is 23.7. The second-order valence-corrected chi connectivity index (χ2v) is 8.55. The first-order valence-electron chi connectivity index (χ1n) is 10.7. The number of nitrogens with one attached hydrogen (secondary N) is 1. The van der Waals surface area contributed by atoms with Crippen LogP contribution in [-0.4, -0.2) is 44.7 Å². The van der Waals surface area contributed by atoms with E-state index in [4.69, 9.17) is 4.74 Å². The molecule has 2 heterocycles. The van der Waals surface area contributed by atoms with E-state index in [1.165, 1.54) is 23.9 Å². The molecule has 0 aliphatic carbocycles. The van der Waals surface area contributed by atoms with Crippen molar-refractivity contribution < 1.29 is 13.9 Å². The molecule has 0 aliphatic heterocycles. The summed E-state index contributed by atoms with van der Waals surface area (Å²) in [6.45, 7) is 2.75. The van der Waals surface area contributed by atoms with E-state index in [9.17, 15) is 14.0 Å². The number of thioether (sulfide) groups is 1. The second kappa shape index (κ2) is 10.6. The summed E-state index contributed by atoms with van der Waals surface area (Å²) in [6, 6.07) is 14.7. The van der Waals surface area contributed by atoms with Crippen molar-refractivity contribution in [3.8, 4) is 5.69 Å². The number of fused-ring (bicyclic) bond motifs is 1. The van der Waals surface area contributed by atoms with Gasteiger partial charge in [-0.05, 0) is 49.7 Å². The van der Waals surface area contributed by atoms with Crippen molar-refractivity contribution in [2.75, 3.05) is 24.8 Å². The molecule has 2 aromatic carbocycles. The number of carbonyl (C=O) groups excluding carboxylic acids is 1. The largest absolute Gasteiger partial charge is 0.385 e. The molecule has 0 bridgehead atoms. The Kier molecular flexibility index (Phi) is 7.39. The molecule has 1 N–H and O–H groups in total. The van der Waals surface area contributed by atoms with Gasteiger partial charge in [0, 0.05) is 26.3 Å². The Morgan fingerprint density at radius 2 is 1.94 bits per heavy atom. The topological polar surface area (TPSA) is 91.0 Å². The van der Waals surface area contributed by atoms with Crippen LogP contribution >= 0.6 is 11.8 Å². The lowest BCUT2D eigenvalue weighted by Gasteiger charge is -2.13. The predicted octanol–water partition coefficient (Wildman–Crippen LogP) is 3.80. The molecule has 0 spiro atoms. The number of amides is 1. The first-order valence-corrected chi connectivity index (χ1v) is 11.7. The van der Waals surface area contributed by atoms with Gasteiger partial charge in [-0.2, -0.15) is 5.10 Å². The van der Waals surface area contributed by atoms with E-state index in [0.717, 1.165) is 0 Å². The van der Waals surface area contributed by atoms with Crippen LogP contribution in [0.25, 0.3) is 16.6 Å². The van der Waals surface area contributed by atoms with Crippen LogP contribution in [0.5, 0.6) is 0 Å². The highest BCUT2D eigenvalue weighted by Gasteiger charge is 2.15. The molecule has 0 fully saturated rings. The van der Waals surface area contributed by atoms with Crippen LogP contribution in [0.4, 0.5) is 10.2 Å². The summed E-state index contributed by atoms with van der Waals surface area (Å²) in [7, 11) is 1.61. The van der Waals surface area contributed by atoms with Gasteiger partial charge in [0.1, 0.15) is 11.6 Å². The summed E-state index contributed by atoms with van der Waals surface area (Å²) in [4.78, 5) is 30.4. The quantitative estimate of drug-likeness (QED) is 0.222. The van der Waals surface area contributed by atoms with Crippen molar-refractivity contribution in [2.24, 2.45) is 0 Å². The Balaban J connectivity index is 1.53. The van der Waals surface area contributed by atoms with Crippen molar-refractivity contribution in [1.82, 2.24) is 19.3 Å². The number of aromatic nitrogens is 4. The van der Waals surface area contributed by atoms with Crippen molar-refractivity contribution >= 4 is 34.4 Å². The summed E-state index contributed by atoms with van der Waals surface area (Å²) in [5.41, 5.74) is 1.77. The number of aryl methyl sites for hydroxylation is 1. The molecular formula is C24H24FN5O3S. The van der Waals surface area contributed by atoms with Crippen LogP contribution < -0.4 is 10.9 Å². The predicted molar refractivity (Wildman–Crippen MR) is 130 cm³/mol. The summed E-state index contributed by atoms with van der Waals surface area (Å²) in [6.07, 6.45) is 0.645. The number of hydrogen-bond acceptors (Lipinski definition) is 6. The molecule has 1 amide bonds. The third kappa shape index (κ3) is 5.35. The summed E-state index contributed by atoms with van der Waals surface area (Å²) < 4.78 is 21.6. The van der Waals surface area contributed by atoms with E-state index < -0.39 is 0 Å². The molecule has 8 nitrogen and oxygen atoms in total. The molecule has 4 aromatic rings. The van der Waals surface area contributed by atoms with Crippen LogP contribution in [0.3, 0.4) is 0 Å². The lowest BCUT2D eigenvalue weighted by molar-refractivity contribution is -0.113. The van der Waals surface area contributed by atoms with Gasteiger partial charge < -0.3 is 10.1 Å². The fourth-order valence-corrected chi connectivity index (χ4v) is 4.32. The molecule has 0 saturated carbocycles. The maximum atomic E-state index is 13.3. The lowest BCUT2D eigenvalue weighted by Crippen LogP contribution is -2.25. The van der Waals surface area contributed by atoms with Crippen LogP contribution in [0.2, 0.25) is 0 Å². The molecule has 0 radical (unpaired) electrons. The van der Waals surface area contributed by atoms with Gasteiger partial charge in [-0.15, -0.1) is 0 Å². The summed E-state index contributed by atoms with van der Waals surface area (Å²) >= 11 is 1.19. The maximum absolute atomic E-state index is 13.3. The van der Waals surface area contributed by atoms with Crippen molar-refractivity contribution in [3.05, 3.63) is 76.5 Å². The first-order chi connectivity index (χ1) is 16.5. The van der Waals surface area contributed by atoms with Gasteiger partial charge in [0.25, 0.3) is 5.56 Å². The van der Waals surface area contributed by atoms with Crippen molar-refractivity contribution in [1.29, 1.82) is 0 Å². The van der Waals surface area contributed by atoms with Crippen LogP contribution in [0.1, 0.15) is 12.1 Å². The highest BCUT2D eigenvalue weighted by atomic mass is 32.2. The lowest BCUT2D eigenvalue weighted by atomic mass is 10.2. The van der Waals surface area contributed by atoms with Crippen LogP contribution in [0, 0.1) is 12.7 Å². The molecule has 2 aromatic heterocycles. The fraction of sp³-hybridized carbons (Fsp3) is 0.250. The number of benzene rings is 2. The molecule has 0 atom stereocenters. The zero-order chi connectivity index (χ0) is 24.1. The van der Waals surface area contributed by atoms with Crippen molar-refractivity contribution in [2.45, 2.75) is 25.0 Å². The number of carbonyl (C=O) groups is 1. The molecular weight excluding hydrogens is 457 g/mol. The van der Waals surface area contributed by atoms with Crippen molar-refractivity contribution in [3.63, 3.8) is 0 Å². The number of methoxy groups -OCH3 is 1. The average Bonchev–Trinajstić information content (AvgIpc) is 3.19. The zero-order valence-corrected chi connectivity index (χ0v) is 19.6. The Hall–Kier alpha value is -3.50. The number of nitrogens with zero attached hydrogens (tertiary/aromatic N) is 4. The minimum absolute atomic E-state index is 0.0443. The Bertz CT molecular complexity index is 1370. The van der Waals surface area contributed by atoms with E-state index in [2.05, 4.69) is 15.4 Å². The normalized spacial score (nSPS) is 11.1. The monoisotopic (exact) mass is 481 g/mol. The maximum Gasteiger partial charge on any atom is 0.262 e.